The van der Waals surface area contributed by atoms with Crippen LogP contribution in [-0.4, -0.2) is 42.3 Å². The molecule has 1 aromatic carbocycles. The summed E-state index contributed by atoms with van der Waals surface area (Å²) in [5, 5.41) is 17.6. The number of phenols is 1. The van der Waals surface area contributed by atoms with Crippen LogP contribution in [0.25, 0.3) is 0 Å². The summed E-state index contributed by atoms with van der Waals surface area (Å²) in [5.74, 6) is 0.705. The third-order valence-corrected chi connectivity index (χ3v) is 3.67. The summed E-state index contributed by atoms with van der Waals surface area (Å²) in [4.78, 5) is 0. The zero-order valence-electron chi connectivity index (χ0n) is 12.8. The van der Waals surface area contributed by atoms with E-state index in [1.165, 1.54) is 0 Å². The zero-order valence-corrected chi connectivity index (χ0v) is 13.6. The first-order valence-corrected chi connectivity index (χ1v) is 7.58. The number of benzene rings is 1. The van der Waals surface area contributed by atoms with Gasteiger partial charge in [0, 0.05) is 24.8 Å². The number of ether oxygens (including phenoxy) is 2. The van der Waals surface area contributed by atoms with Crippen molar-refractivity contribution < 1.29 is 14.6 Å². The SMILES string of the molecule is COc1ccc(/C(C)=N/NC(=S)NC[C@H]2CCCO2)c(O)c1. The van der Waals surface area contributed by atoms with E-state index in [0.29, 0.717) is 28.7 Å². The number of thiocarbonyl (C=S) groups is 1. The van der Waals surface area contributed by atoms with Gasteiger partial charge in [-0.15, -0.1) is 0 Å². The lowest BCUT2D eigenvalue weighted by atomic mass is 10.1. The monoisotopic (exact) mass is 323 g/mol. The second-order valence-electron chi connectivity index (χ2n) is 5.04. The van der Waals surface area contributed by atoms with E-state index in [9.17, 15) is 5.11 Å². The predicted octanol–water partition coefficient (Wildman–Crippen LogP) is 1.77. The molecule has 0 spiro atoms. The van der Waals surface area contributed by atoms with Crippen LogP contribution in [0.1, 0.15) is 25.3 Å². The van der Waals surface area contributed by atoms with Gasteiger partial charge in [0.1, 0.15) is 11.5 Å². The molecule has 6 nitrogen and oxygen atoms in total. The van der Waals surface area contributed by atoms with Crippen molar-refractivity contribution in [3.8, 4) is 11.5 Å². The van der Waals surface area contributed by atoms with Gasteiger partial charge in [-0.2, -0.15) is 5.10 Å². The molecule has 1 atom stereocenters. The van der Waals surface area contributed by atoms with Crippen LogP contribution < -0.4 is 15.5 Å². The average molecular weight is 323 g/mol. The minimum Gasteiger partial charge on any atom is -0.507 e. The van der Waals surface area contributed by atoms with E-state index in [-0.39, 0.29) is 11.9 Å². The summed E-state index contributed by atoms with van der Waals surface area (Å²) in [6.07, 6.45) is 2.37. The average Bonchev–Trinajstić information content (AvgIpc) is 3.03. The van der Waals surface area contributed by atoms with Crippen LogP contribution in [0, 0.1) is 0 Å². The van der Waals surface area contributed by atoms with Crippen molar-refractivity contribution in [2.75, 3.05) is 20.3 Å². The van der Waals surface area contributed by atoms with E-state index < -0.39 is 0 Å². The maximum absolute atomic E-state index is 9.95. The second kappa shape index (κ2) is 7.95. The molecule has 1 heterocycles. The van der Waals surface area contributed by atoms with Gasteiger partial charge in [-0.3, -0.25) is 5.43 Å². The van der Waals surface area contributed by atoms with Gasteiger partial charge in [0.2, 0.25) is 0 Å². The quantitative estimate of drug-likeness (QED) is 0.436. The largest absolute Gasteiger partial charge is 0.507 e. The van der Waals surface area contributed by atoms with E-state index in [4.69, 9.17) is 21.7 Å². The number of hydrogen-bond donors (Lipinski definition) is 3. The first-order valence-electron chi connectivity index (χ1n) is 7.17. The highest BCUT2D eigenvalue weighted by Gasteiger charge is 2.15. The highest BCUT2D eigenvalue weighted by atomic mass is 32.1. The third kappa shape index (κ3) is 4.57. The molecule has 0 radical (unpaired) electrons. The molecule has 0 aliphatic carbocycles. The molecular formula is C15H21N3O3S. The van der Waals surface area contributed by atoms with Gasteiger partial charge < -0.3 is 19.9 Å². The number of hydrogen-bond acceptors (Lipinski definition) is 5. The molecule has 1 aromatic rings. The van der Waals surface area contributed by atoms with Gasteiger partial charge in [-0.05, 0) is 44.1 Å². The first kappa shape index (κ1) is 16.5. The van der Waals surface area contributed by atoms with Gasteiger partial charge in [-0.1, -0.05) is 0 Å². The Balaban J connectivity index is 1.87. The van der Waals surface area contributed by atoms with Crippen molar-refractivity contribution >= 4 is 23.0 Å². The lowest BCUT2D eigenvalue weighted by molar-refractivity contribution is 0.114. The molecule has 1 saturated heterocycles. The molecule has 120 valence electrons. The normalized spacial score (nSPS) is 18.1. The molecule has 0 aromatic heterocycles. The molecule has 1 aliphatic heterocycles. The number of rotatable bonds is 5. The van der Waals surface area contributed by atoms with Crippen molar-refractivity contribution in [1.82, 2.24) is 10.7 Å². The smallest absolute Gasteiger partial charge is 0.187 e. The molecule has 3 N–H and O–H groups in total. The van der Waals surface area contributed by atoms with E-state index in [0.717, 1.165) is 19.4 Å². The fraction of sp³-hybridized carbons (Fsp3) is 0.467. The molecule has 1 aliphatic rings. The second-order valence-corrected chi connectivity index (χ2v) is 5.45. The number of nitrogens with one attached hydrogen (secondary N) is 2. The van der Waals surface area contributed by atoms with Crippen LogP contribution in [0.2, 0.25) is 0 Å². The standard InChI is InChI=1S/C15H21N3O3S/c1-10(13-6-5-11(20-2)8-14(13)19)17-18-15(22)16-9-12-4-3-7-21-12/h5-6,8,12,19H,3-4,7,9H2,1-2H3,(H2,16,18,22)/b17-10+/t12-/m1/s1. The van der Waals surface area contributed by atoms with Crippen LogP contribution in [0.15, 0.2) is 23.3 Å². The summed E-state index contributed by atoms with van der Waals surface area (Å²) >= 11 is 5.16. The molecule has 22 heavy (non-hydrogen) atoms. The Labute approximate surface area is 135 Å². The molecule has 0 saturated carbocycles. The summed E-state index contributed by atoms with van der Waals surface area (Å²) in [5.41, 5.74) is 4.02. The number of aromatic hydroxyl groups is 1. The minimum atomic E-state index is 0.112. The molecule has 0 bridgehead atoms. The van der Waals surface area contributed by atoms with E-state index in [1.54, 1.807) is 32.2 Å². The fourth-order valence-electron chi connectivity index (χ4n) is 2.19. The molecule has 0 unspecified atom stereocenters. The molecule has 1 fully saturated rings. The minimum absolute atomic E-state index is 0.112. The Morgan fingerprint density at radius 1 is 1.55 bits per heavy atom. The van der Waals surface area contributed by atoms with E-state index >= 15 is 0 Å². The van der Waals surface area contributed by atoms with Gasteiger partial charge in [0.05, 0.1) is 18.9 Å². The van der Waals surface area contributed by atoms with E-state index in [1.807, 2.05) is 0 Å². The van der Waals surface area contributed by atoms with Crippen molar-refractivity contribution in [2.45, 2.75) is 25.9 Å². The van der Waals surface area contributed by atoms with Gasteiger partial charge in [0.15, 0.2) is 5.11 Å². The molecule has 0 amide bonds. The topological polar surface area (TPSA) is 75.1 Å². The number of methoxy groups -OCH3 is 1. The summed E-state index contributed by atoms with van der Waals surface area (Å²) in [6, 6.07) is 5.06. The summed E-state index contributed by atoms with van der Waals surface area (Å²) in [6.45, 7) is 3.28. The van der Waals surface area contributed by atoms with Crippen LogP contribution in [0.3, 0.4) is 0 Å². The third-order valence-electron chi connectivity index (χ3n) is 3.43. The number of hydrazone groups is 1. The maximum atomic E-state index is 9.95. The highest BCUT2D eigenvalue weighted by molar-refractivity contribution is 7.80. The Morgan fingerprint density at radius 3 is 3.00 bits per heavy atom. The Morgan fingerprint density at radius 2 is 2.36 bits per heavy atom. The summed E-state index contributed by atoms with van der Waals surface area (Å²) in [7, 11) is 1.55. The van der Waals surface area contributed by atoms with Crippen LogP contribution in [-0.2, 0) is 4.74 Å². The van der Waals surface area contributed by atoms with Crippen molar-refractivity contribution in [3.05, 3.63) is 23.8 Å². The Bertz CT molecular complexity index is 557. The Hall–Kier alpha value is -1.86. The van der Waals surface area contributed by atoms with Crippen molar-refractivity contribution in [2.24, 2.45) is 5.10 Å². The number of phenolic OH excluding ortho intramolecular Hbond substituents is 1. The molecular weight excluding hydrogens is 302 g/mol. The maximum Gasteiger partial charge on any atom is 0.187 e. The highest BCUT2D eigenvalue weighted by Crippen LogP contribution is 2.23. The lowest BCUT2D eigenvalue weighted by Gasteiger charge is -2.12. The van der Waals surface area contributed by atoms with Crippen LogP contribution >= 0.6 is 12.2 Å². The lowest BCUT2D eigenvalue weighted by Crippen LogP contribution is -2.37. The predicted molar refractivity (Wildman–Crippen MR) is 89.6 cm³/mol. The van der Waals surface area contributed by atoms with E-state index in [2.05, 4.69) is 15.8 Å². The van der Waals surface area contributed by atoms with Gasteiger partial charge in [-0.25, -0.2) is 0 Å². The van der Waals surface area contributed by atoms with Crippen molar-refractivity contribution in [3.63, 3.8) is 0 Å². The van der Waals surface area contributed by atoms with Gasteiger partial charge in [0.25, 0.3) is 0 Å². The number of nitrogens with zero attached hydrogens (tertiary/aromatic N) is 1. The van der Waals surface area contributed by atoms with Crippen molar-refractivity contribution in [1.29, 1.82) is 0 Å². The Kier molecular flexibility index (Phi) is 5.97. The fourth-order valence-corrected chi connectivity index (χ4v) is 2.32. The van der Waals surface area contributed by atoms with Gasteiger partial charge >= 0.3 is 0 Å². The molecule has 2 rings (SSSR count). The van der Waals surface area contributed by atoms with Crippen LogP contribution in [0.5, 0.6) is 11.5 Å². The first-order chi connectivity index (χ1) is 10.6. The summed E-state index contributed by atoms with van der Waals surface area (Å²) < 4.78 is 10.6. The molecule has 7 heteroatoms. The zero-order chi connectivity index (χ0) is 15.9. The van der Waals surface area contributed by atoms with Crippen LogP contribution in [0.4, 0.5) is 0 Å².